The van der Waals surface area contributed by atoms with Crippen molar-refractivity contribution in [3.63, 3.8) is 0 Å². The first-order valence-corrected chi connectivity index (χ1v) is 7.52. The summed E-state index contributed by atoms with van der Waals surface area (Å²) in [7, 11) is 1.59. The van der Waals surface area contributed by atoms with Crippen LogP contribution in [-0.4, -0.2) is 62.7 Å². The molecule has 2 atom stereocenters. The van der Waals surface area contributed by atoms with Crippen LogP contribution in [0.15, 0.2) is 0 Å². The van der Waals surface area contributed by atoms with Gasteiger partial charge >= 0.3 is 0 Å². The van der Waals surface area contributed by atoms with Crippen molar-refractivity contribution in [3.8, 4) is 0 Å². The van der Waals surface area contributed by atoms with E-state index in [1.165, 1.54) is 12.8 Å². The van der Waals surface area contributed by atoms with Crippen LogP contribution in [0.4, 0.5) is 0 Å². The maximum absolute atomic E-state index is 12.3. The normalized spacial score (nSPS) is 27.1. The number of hydrogen-bond acceptors (Lipinski definition) is 4. The highest BCUT2D eigenvalue weighted by molar-refractivity contribution is 5.87. The number of carbonyl (C=O) groups is 2. The Hall–Kier alpha value is -1.14. The molecule has 2 rings (SSSR count). The maximum Gasteiger partial charge on any atom is 0.244 e. The van der Waals surface area contributed by atoms with Crippen LogP contribution in [0.3, 0.4) is 0 Å². The minimum atomic E-state index is -0.467. The predicted molar refractivity (Wildman–Crippen MR) is 75.2 cm³/mol. The van der Waals surface area contributed by atoms with Gasteiger partial charge < -0.3 is 20.3 Å². The van der Waals surface area contributed by atoms with Gasteiger partial charge in [0.2, 0.25) is 11.8 Å². The third-order valence-corrected chi connectivity index (χ3v) is 4.16. The van der Waals surface area contributed by atoms with E-state index in [-0.39, 0.29) is 11.8 Å². The molecule has 114 valence electrons. The van der Waals surface area contributed by atoms with E-state index in [1.807, 2.05) is 0 Å². The average Bonchev–Trinajstić information content (AvgIpc) is 2.52. The van der Waals surface area contributed by atoms with Crippen molar-refractivity contribution in [2.75, 3.05) is 39.9 Å². The number of ether oxygens (including phenoxy) is 1. The second-order valence-corrected chi connectivity index (χ2v) is 5.54. The Morgan fingerprint density at radius 3 is 3.00 bits per heavy atom. The molecule has 2 N–H and O–H groups in total. The Labute approximate surface area is 120 Å². The van der Waals surface area contributed by atoms with Gasteiger partial charge in [-0.2, -0.15) is 0 Å². The molecule has 0 bridgehead atoms. The Morgan fingerprint density at radius 1 is 1.45 bits per heavy atom. The quantitative estimate of drug-likeness (QED) is 0.746. The zero-order valence-electron chi connectivity index (χ0n) is 12.2. The number of rotatable bonds is 4. The number of nitrogens with one attached hydrogen (secondary N) is 2. The summed E-state index contributed by atoms with van der Waals surface area (Å²) in [5, 5.41) is 5.97. The van der Waals surface area contributed by atoms with E-state index in [0.29, 0.717) is 32.1 Å². The van der Waals surface area contributed by atoms with Gasteiger partial charge in [0.05, 0.1) is 13.2 Å². The SMILES string of the molecule is CNC(=O)C1COCCN1C(=O)CCC1CCCNC1. The summed E-state index contributed by atoms with van der Waals surface area (Å²) in [5.74, 6) is 0.525. The van der Waals surface area contributed by atoms with Crippen LogP contribution < -0.4 is 10.6 Å². The maximum atomic E-state index is 12.3. The molecule has 0 aromatic heterocycles. The average molecular weight is 283 g/mol. The second-order valence-electron chi connectivity index (χ2n) is 5.54. The van der Waals surface area contributed by atoms with Gasteiger partial charge in [-0.25, -0.2) is 0 Å². The van der Waals surface area contributed by atoms with Crippen molar-refractivity contribution >= 4 is 11.8 Å². The molecule has 0 spiro atoms. The van der Waals surface area contributed by atoms with Crippen molar-refractivity contribution in [2.45, 2.75) is 31.7 Å². The lowest BCUT2D eigenvalue weighted by molar-refractivity contribution is -0.148. The van der Waals surface area contributed by atoms with E-state index < -0.39 is 6.04 Å². The summed E-state index contributed by atoms with van der Waals surface area (Å²) >= 11 is 0. The molecular formula is C14H25N3O3. The zero-order valence-corrected chi connectivity index (χ0v) is 12.2. The molecule has 0 radical (unpaired) electrons. The van der Waals surface area contributed by atoms with Crippen LogP contribution >= 0.6 is 0 Å². The van der Waals surface area contributed by atoms with Crippen molar-refractivity contribution in [2.24, 2.45) is 5.92 Å². The van der Waals surface area contributed by atoms with Crippen LogP contribution in [0.2, 0.25) is 0 Å². The minimum absolute atomic E-state index is 0.0764. The third-order valence-electron chi connectivity index (χ3n) is 4.16. The highest BCUT2D eigenvalue weighted by Crippen LogP contribution is 2.18. The largest absolute Gasteiger partial charge is 0.377 e. The molecule has 0 aromatic carbocycles. The van der Waals surface area contributed by atoms with Gasteiger partial charge in [-0.15, -0.1) is 0 Å². The van der Waals surface area contributed by atoms with E-state index in [2.05, 4.69) is 10.6 Å². The van der Waals surface area contributed by atoms with Gasteiger partial charge in [0.15, 0.2) is 0 Å². The van der Waals surface area contributed by atoms with Crippen LogP contribution in [-0.2, 0) is 14.3 Å². The van der Waals surface area contributed by atoms with Gasteiger partial charge in [0.25, 0.3) is 0 Å². The predicted octanol–water partition coefficient (Wildman–Crippen LogP) is -0.260. The van der Waals surface area contributed by atoms with Gasteiger partial charge in [-0.05, 0) is 38.3 Å². The van der Waals surface area contributed by atoms with Gasteiger partial charge in [0.1, 0.15) is 6.04 Å². The first-order chi connectivity index (χ1) is 9.72. The number of hydrogen-bond donors (Lipinski definition) is 2. The fraction of sp³-hybridized carbons (Fsp3) is 0.857. The Kier molecular flexibility index (Phi) is 5.79. The van der Waals surface area contributed by atoms with Crippen LogP contribution in [0.25, 0.3) is 0 Å². The fourth-order valence-corrected chi connectivity index (χ4v) is 2.93. The van der Waals surface area contributed by atoms with Crippen molar-refractivity contribution < 1.29 is 14.3 Å². The monoisotopic (exact) mass is 283 g/mol. The number of carbonyl (C=O) groups excluding carboxylic acids is 2. The molecular weight excluding hydrogens is 258 g/mol. The first kappa shape index (κ1) is 15.3. The van der Waals surface area contributed by atoms with Crippen LogP contribution in [0.1, 0.15) is 25.7 Å². The lowest BCUT2D eigenvalue weighted by Gasteiger charge is -2.34. The van der Waals surface area contributed by atoms with Crippen molar-refractivity contribution in [3.05, 3.63) is 0 Å². The molecule has 2 saturated heterocycles. The molecule has 0 aliphatic carbocycles. The van der Waals surface area contributed by atoms with Crippen molar-refractivity contribution in [1.29, 1.82) is 0 Å². The summed E-state index contributed by atoms with van der Waals surface area (Å²) in [6.07, 6.45) is 3.82. The molecule has 0 saturated carbocycles. The molecule has 0 aromatic rings. The van der Waals surface area contributed by atoms with E-state index >= 15 is 0 Å². The molecule has 2 amide bonds. The molecule has 2 unspecified atom stereocenters. The molecule has 2 fully saturated rings. The molecule has 6 heteroatoms. The Morgan fingerprint density at radius 2 is 2.30 bits per heavy atom. The number of piperidine rings is 1. The molecule has 20 heavy (non-hydrogen) atoms. The molecule has 2 aliphatic rings. The Bertz CT molecular complexity index is 343. The summed E-state index contributed by atoms with van der Waals surface area (Å²) in [6.45, 7) is 3.43. The Balaban J connectivity index is 1.83. The number of amides is 2. The fourth-order valence-electron chi connectivity index (χ4n) is 2.93. The van der Waals surface area contributed by atoms with Crippen LogP contribution in [0, 0.1) is 5.92 Å². The van der Waals surface area contributed by atoms with Gasteiger partial charge in [-0.1, -0.05) is 0 Å². The van der Waals surface area contributed by atoms with E-state index in [1.54, 1.807) is 11.9 Å². The number of morpholine rings is 1. The molecule has 2 aliphatic heterocycles. The zero-order chi connectivity index (χ0) is 14.4. The third kappa shape index (κ3) is 3.93. The lowest BCUT2D eigenvalue weighted by atomic mass is 9.94. The number of nitrogens with zero attached hydrogens (tertiary/aromatic N) is 1. The molecule has 6 nitrogen and oxygen atoms in total. The standard InChI is InChI=1S/C14H25N3O3/c1-15-14(19)12-10-20-8-7-17(12)13(18)5-4-11-3-2-6-16-9-11/h11-12,16H,2-10H2,1H3,(H,15,19). The highest BCUT2D eigenvalue weighted by atomic mass is 16.5. The van der Waals surface area contributed by atoms with Gasteiger partial charge in [0, 0.05) is 20.0 Å². The van der Waals surface area contributed by atoms with E-state index in [4.69, 9.17) is 4.74 Å². The second kappa shape index (κ2) is 7.59. The lowest BCUT2D eigenvalue weighted by Crippen LogP contribution is -2.55. The van der Waals surface area contributed by atoms with Crippen molar-refractivity contribution in [1.82, 2.24) is 15.5 Å². The summed E-state index contributed by atoms with van der Waals surface area (Å²) < 4.78 is 5.32. The number of likely N-dealkylation sites (N-methyl/N-ethyl adjacent to an activating group) is 1. The first-order valence-electron chi connectivity index (χ1n) is 7.52. The smallest absolute Gasteiger partial charge is 0.244 e. The molecule has 2 heterocycles. The topological polar surface area (TPSA) is 70.7 Å². The van der Waals surface area contributed by atoms with Gasteiger partial charge in [-0.3, -0.25) is 9.59 Å². The summed E-state index contributed by atoms with van der Waals surface area (Å²) in [4.78, 5) is 25.8. The van der Waals surface area contributed by atoms with E-state index in [9.17, 15) is 9.59 Å². The van der Waals surface area contributed by atoms with Crippen LogP contribution in [0.5, 0.6) is 0 Å². The van der Waals surface area contributed by atoms with E-state index in [0.717, 1.165) is 19.5 Å². The summed E-state index contributed by atoms with van der Waals surface area (Å²) in [6, 6.07) is -0.467. The highest BCUT2D eigenvalue weighted by Gasteiger charge is 2.32. The minimum Gasteiger partial charge on any atom is -0.377 e. The summed E-state index contributed by atoms with van der Waals surface area (Å²) in [5.41, 5.74) is 0.